The highest BCUT2D eigenvalue weighted by molar-refractivity contribution is 4.85. The molecule has 0 aromatic carbocycles. The normalized spacial score (nSPS) is 25.8. The lowest BCUT2D eigenvalue weighted by Gasteiger charge is -2.37. The van der Waals surface area contributed by atoms with Crippen molar-refractivity contribution >= 4 is 0 Å². The van der Waals surface area contributed by atoms with Crippen molar-refractivity contribution < 1.29 is 5.11 Å². The van der Waals surface area contributed by atoms with Gasteiger partial charge >= 0.3 is 0 Å². The molecule has 0 amide bonds. The third kappa shape index (κ3) is 4.94. The van der Waals surface area contributed by atoms with Crippen molar-refractivity contribution in [2.75, 3.05) is 26.2 Å². The van der Waals surface area contributed by atoms with Crippen LogP contribution in [-0.2, 0) is 0 Å². The van der Waals surface area contributed by atoms with E-state index in [1.165, 1.54) is 25.8 Å². The predicted molar refractivity (Wildman–Crippen MR) is 73.3 cm³/mol. The first-order chi connectivity index (χ1) is 8.11. The summed E-state index contributed by atoms with van der Waals surface area (Å²) in [5.74, 6) is 0. The maximum absolute atomic E-state index is 9.53. The lowest BCUT2D eigenvalue weighted by molar-refractivity contribution is 0.114. The third-order valence-electron chi connectivity index (χ3n) is 4.04. The van der Waals surface area contributed by atoms with Gasteiger partial charge in [-0.2, -0.15) is 0 Å². The predicted octanol–water partition coefficient (Wildman–Crippen LogP) is 2.00. The number of aliphatic hydroxyl groups excluding tert-OH is 1. The van der Waals surface area contributed by atoms with Gasteiger partial charge < -0.3 is 15.3 Å². The van der Waals surface area contributed by atoms with Gasteiger partial charge in [0.05, 0.1) is 6.61 Å². The zero-order valence-electron chi connectivity index (χ0n) is 11.8. The van der Waals surface area contributed by atoms with Crippen molar-refractivity contribution in [3.63, 3.8) is 0 Å². The van der Waals surface area contributed by atoms with Crippen LogP contribution in [0.3, 0.4) is 0 Å². The monoisotopic (exact) mass is 242 g/mol. The molecule has 1 aliphatic rings. The number of rotatable bonds is 7. The number of nitrogens with one attached hydrogen (secondary N) is 1. The molecule has 3 nitrogen and oxygen atoms in total. The number of likely N-dealkylation sites (tertiary alicyclic amines) is 1. The summed E-state index contributed by atoms with van der Waals surface area (Å²) in [4.78, 5) is 2.57. The first-order valence-electron chi connectivity index (χ1n) is 7.21. The second-order valence-corrected chi connectivity index (χ2v) is 5.78. The van der Waals surface area contributed by atoms with E-state index in [4.69, 9.17) is 0 Å². The molecule has 0 aliphatic carbocycles. The summed E-state index contributed by atoms with van der Waals surface area (Å²) >= 11 is 0. The SMILES string of the molecule is CCCNC(C)(CO)CCN1CCCCC1C. The molecule has 0 radical (unpaired) electrons. The van der Waals surface area contributed by atoms with E-state index in [-0.39, 0.29) is 12.1 Å². The van der Waals surface area contributed by atoms with E-state index in [2.05, 4.69) is 31.0 Å². The van der Waals surface area contributed by atoms with E-state index >= 15 is 0 Å². The average Bonchev–Trinajstić information content (AvgIpc) is 2.35. The molecule has 0 spiro atoms. The molecule has 102 valence electrons. The van der Waals surface area contributed by atoms with Gasteiger partial charge in [0.25, 0.3) is 0 Å². The van der Waals surface area contributed by atoms with Crippen molar-refractivity contribution in [2.24, 2.45) is 0 Å². The van der Waals surface area contributed by atoms with Crippen LogP contribution >= 0.6 is 0 Å². The van der Waals surface area contributed by atoms with Crippen molar-refractivity contribution in [1.29, 1.82) is 0 Å². The van der Waals surface area contributed by atoms with Gasteiger partial charge in [0.15, 0.2) is 0 Å². The van der Waals surface area contributed by atoms with Gasteiger partial charge in [-0.3, -0.25) is 0 Å². The number of piperidine rings is 1. The van der Waals surface area contributed by atoms with Crippen LogP contribution in [0.5, 0.6) is 0 Å². The van der Waals surface area contributed by atoms with E-state index in [1.807, 2.05) is 0 Å². The van der Waals surface area contributed by atoms with E-state index in [9.17, 15) is 5.11 Å². The highest BCUT2D eigenvalue weighted by Crippen LogP contribution is 2.18. The minimum atomic E-state index is -0.104. The Hall–Kier alpha value is -0.120. The summed E-state index contributed by atoms with van der Waals surface area (Å²) in [5.41, 5.74) is -0.104. The van der Waals surface area contributed by atoms with Crippen LogP contribution in [0.1, 0.15) is 52.9 Å². The van der Waals surface area contributed by atoms with Crippen LogP contribution < -0.4 is 5.32 Å². The van der Waals surface area contributed by atoms with Crippen LogP contribution in [0.2, 0.25) is 0 Å². The Labute approximate surface area is 107 Å². The maximum atomic E-state index is 9.53. The van der Waals surface area contributed by atoms with Gasteiger partial charge in [0.1, 0.15) is 0 Å². The Morgan fingerprint density at radius 1 is 1.41 bits per heavy atom. The first-order valence-corrected chi connectivity index (χ1v) is 7.21. The van der Waals surface area contributed by atoms with E-state index in [1.54, 1.807) is 0 Å². The highest BCUT2D eigenvalue weighted by Gasteiger charge is 2.25. The van der Waals surface area contributed by atoms with Crippen LogP contribution in [0.15, 0.2) is 0 Å². The van der Waals surface area contributed by atoms with Crippen molar-refractivity contribution in [3.05, 3.63) is 0 Å². The first kappa shape index (κ1) is 14.9. The summed E-state index contributed by atoms with van der Waals surface area (Å²) in [7, 11) is 0. The molecule has 2 N–H and O–H groups in total. The summed E-state index contributed by atoms with van der Waals surface area (Å²) < 4.78 is 0. The van der Waals surface area contributed by atoms with Crippen LogP contribution in [-0.4, -0.2) is 47.8 Å². The largest absolute Gasteiger partial charge is 0.394 e. The molecule has 1 saturated heterocycles. The molecule has 2 atom stereocenters. The number of hydrogen-bond donors (Lipinski definition) is 2. The summed E-state index contributed by atoms with van der Waals surface area (Å²) in [6, 6.07) is 0.720. The lowest BCUT2D eigenvalue weighted by atomic mass is 9.96. The molecule has 17 heavy (non-hydrogen) atoms. The lowest BCUT2D eigenvalue weighted by Crippen LogP contribution is -2.49. The Bertz CT molecular complexity index is 210. The molecule has 2 unspecified atom stereocenters. The number of nitrogens with zero attached hydrogens (tertiary/aromatic N) is 1. The van der Waals surface area contributed by atoms with E-state index < -0.39 is 0 Å². The molecule has 0 saturated carbocycles. The summed E-state index contributed by atoms with van der Waals surface area (Å²) in [5, 5.41) is 13.0. The highest BCUT2D eigenvalue weighted by atomic mass is 16.3. The minimum Gasteiger partial charge on any atom is -0.394 e. The van der Waals surface area contributed by atoms with Gasteiger partial charge in [-0.25, -0.2) is 0 Å². The minimum absolute atomic E-state index is 0.104. The second kappa shape index (κ2) is 7.34. The third-order valence-corrected chi connectivity index (χ3v) is 4.04. The average molecular weight is 242 g/mol. The molecule has 3 heteroatoms. The quantitative estimate of drug-likeness (QED) is 0.717. The Morgan fingerprint density at radius 3 is 2.76 bits per heavy atom. The molecule has 1 aliphatic heterocycles. The van der Waals surface area contributed by atoms with Gasteiger partial charge in [0, 0.05) is 18.1 Å². The zero-order chi connectivity index (χ0) is 12.7. The summed E-state index contributed by atoms with van der Waals surface area (Å²) in [6.45, 7) is 10.2. The van der Waals surface area contributed by atoms with Gasteiger partial charge in [-0.1, -0.05) is 13.3 Å². The number of aliphatic hydroxyl groups is 1. The maximum Gasteiger partial charge on any atom is 0.0611 e. The fourth-order valence-electron chi connectivity index (χ4n) is 2.53. The molecular formula is C14H30N2O. The van der Waals surface area contributed by atoms with E-state index in [0.717, 1.165) is 32.0 Å². The topological polar surface area (TPSA) is 35.5 Å². The van der Waals surface area contributed by atoms with E-state index in [0.29, 0.717) is 0 Å². The van der Waals surface area contributed by atoms with Crippen LogP contribution in [0.4, 0.5) is 0 Å². The van der Waals surface area contributed by atoms with Gasteiger partial charge in [-0.15, -0.1) is 0 Å². The standard InChI is InChI=1S/C14H30N2O/c1-4-9-15-14(3,12-17)8-11-16-10-6-5-7-13(16)2/h13,15,17H,4-12H2,1-3H3. The Kier molecular flexibility index (Phi) is 6.45. The van der Waals surface area contributed by atoms with Crippen LogP contribution in [0.25, 0.3) is 0 Å². The molecule has 1 rings (SSSR count). The van der Waals surface area contributed by atoms with Crippen molar-refractivity contribution in [3.8, 4) is 0 Å². The molecule has 1 heterocycles. The van der Waals surface area contributed by atoms with Gasteiger partial charge in [0.2, 0.25) is 0 Å². The number of hydrogen-bond acceptors (Lipinski definition) is 3. The fraction of sp³-hybridized carbons (Fsp3) is 1.00. The van der Waals surface area contributed by atoms with Crippen LogP contribution in [0, 0.1) is 0 Å². The molecule has 1 fully saturated rings. The summed E-state index contributed by atoms with van der Waals surface area (Å²) in [6.07, 6.45) is 6.20. The molecule has 0 aromatic heterocycles. The molecule has 0 bridgehead atoms. The smallest absolute Gasteiger partial charge is 0.0611 e. The molecular weight excluding hydrogens is 212 g/mol. The molecule has 0 aromatic rings. The Morgan fingerprint density at radius 2 is 2.18 bits per heavy atom. The van der Waals surface area contributed by atoms with Gasteiger partial charge in [-0.05, 0) is 52.6 Å². The second-order valence-electron chi connectivity index (χ2n) is 5.78. The van der Waals surface area contributed by atoms with Crippen molar-refractivity contribution in [2.45, 2.75) is 64.5 Å². The Balaban J connectivity index is 2.35. The van der Waals surface area contributed by atoms with Crippen molar-refractivity contribution in [1.82, 2.24) is 10.2 Å². The fourth-order valence-corrected chi connectivity index (χ4v) is 2.53. The zero-order valence-corrected chi connectivity index (χ0v) is 11.8.